The third-order valence-corrected chi connectivity index (χ3v) is 2.01. The fraction of sp³-hybridized carbons (Fsp3) is 0.167. The third kappa shape index (κ3) is 1.77. The van der Waals surface area contributed by atoms with Gasteiger partial charge in [0.2, 0.25) is 0 Å². The Bertz CT molecular complexity index is 316. The molecule has 0 bridgehead atoms. The Morgan fingerprint density at radius 3 is 2.83 bits per heavy atom. The molecule has 0 radical (unpaired) electrons. The first-order valence-electron chi connectivity index (χ1n) is 3.05. The van der Waals surface area contributed by atoms with Crippen LogP contribution >= 0.6 is 15.9 Å². The van der Waals surface area contributed by atoms with Crippen LogP contribution in [0.1, 0.15) is 5.56 Å². The third-order valence-electron chi connectivity index (χ3n) is 1.27. The van der Waals surface area contributed by atoms with Gasteiger partial charge in [0, 0.05) is 10.0 Å². The van der Waals surface area contributed by atoms with Crippen molar-refractivity contribution in [2.24, 2.45) is 0 Å². The van der Waals surface area contributed by atoms with E-state index in [0.29, 0.717) is 10.0 Å². The van der Waals surface area contributed by atoms with Gasteiger partial charge < -0.3 is 15.2 Å². The highest BCUT2D eigenvalue weighted by atomic mass is 79.9. The number of nitrogens with zero attached hydrogens (tertiary/aromatic N) is 2. The molecule has 0 fully saturated rings. The van der Waals surface area contributed by atoms with E-state index in [1.54, 1.807) is 0 Å². The van der Waals surface area contributed by atoms with Gasteiger partial charge in [0.25, 0.3) is 0 Å². The van der Waals surface area contributed by atoms with Crippen LogP contribution in [0.5, 0.6) is 0 Å². The largest absolute Gasteiger partial charge is 0.391 e. The van der Waals surface area contributed by atoms with Crippen molar-refractivity contribution in [1.29, 1.82) is 0 Å². The maximum Gasteiger partial charge on any atom is 0.364 e. The van der Waals surface area contributed by atoms with E-state index in [9.17, 15) is 10.1 Å². The molecule has 1 heterocycles. The lowest BCUT2D eigenvalue weighted by Gasteiger charge is -1.96. The van der Waals surface area contributed by atoms with Crippen LogP contribution in [-0.4, -0.2) is 15.0 Å². The number of aliphatic hydroxyl groups is 1. The first-order chi connectivity index (χ1) is 5.65. The van der Waals surface area contributed by atoms with Gasteiger partial charge in [0.1, 0.15) is 6.20 Å². The zero-order chi connectivity index (χ0) is 9.14. The number of hydrogen-bond donors (Lipinski definition) is 1. The predicted octanol–water partition coefficient (Wildman–Crippen LogP) is 1.24. The van der Waals surface area contributed by atoms with Gasteiger partial charge in [0.15, 0.2) is 0 Å². The van der Waals surface area contributed by atoms with Crippen molar-refractivity contribution in [2.45, 2.75) is 6.61 Å². The minimum Gasteiger partial charge on any atom is -0.391 e. The average Bonchev–Trinajstić information content (AvgIpc) is 2.04. The molecule has 0 amide bonds. The summed E-state index contributed by atoms with van der Waals surface area (Å²) in [6, 6.07) is 1.26. The van der Waals surface area contributed by atoms with Crippen LogP contribution in [0.2, 0.25) is 0 Å². The highest BCUT2D eigenvalue weighted by molar-refractivity contribution is 9.10. The molecule has 0 atom stereocenters. The molecule has 1 aromatic rings. The van der Waals surface area contributed by atoms with Gasteiger partial charge in [-0.2, -0.15) is 0 Å². The van der Waals surface area contributed by atoms with Crippen molar-refractivity contribution in [1.82, 2.24) is 4.98 Å². The lowest BCUT2D eigenvalue weighted by Crippen LogP contribution is -1.94. The Labute approximate surface area is 76.3 Å². The van der Waals surface area contributed by atoms with Gasteiger partial charge in [-0.05, 0) is 25.8 Å². The molecule has 1 N–H and O–H groups in total. The molecule has 1 rings (SSSR count). The summed E-state index contributed by atoms with van der Waals surface area (Å²) in [5, 5.41) is 18.9. The Balaban J connectivity index is 3.10. The molecule has 12 heavy (non-hydrogen) atoms. The van der Waals surface area contributed by atoms with Crippen LogP contribution in [0.3, 0.4) is 0 Å². The summed E-state index contributed by atoms with van der Waals surface area (Å²) in [5.41, 5.74) is 0.528. The molecular weight excluding hydrogens is 228 g/mol. The SMILES string of the molecule is O=[N+]([O-])c1cc(Br)c(CO)cn1. The molecule has 0 aliphatic carbocycles. The van der Waals surface area contributed by atoms with Crippen LogP contribution in [0.15, 0.2) is 16.7 Å². The van der Waals surface area contributed by atoms with E-state index in [0.717, 1.165) is 0 Å². The quantitative estimate of drug-likeness (QED) is 0.615. The lowest BCUT2D eigenvalue weighted by molar-refractivity contribution is -0.389. The monoisotopic (exact) mass is 232 g/mol. The minimum atomic E-state index is -0.591. The predicted molar refractivity (Wildman–Crippen MR) is 44.5 cm³/mol. The van der Waals surface area contributed by atoms with Crippen molar-refractivity contribution in [3.05, 3.63) is 32.4 Å². The zero-order valence-corrected chi connectivity index (χ0v) is 7.48. The summed E-state index contributed by atoms with van der Waals surface area (Å²) in [7, 11) is 0. The number of pyridine rings is 1. The van der Waals surface area contributed by atoms with Gasteiger partial charge in [-0.15, -0.1) is 0 Å². The van der Waals surface area contributed by atoms with Crippen molar-refractivity contribution in [2.75, 3.05) is 0 Å². The molecule has 64 valence electrons. The average molecular weight is 233 g/mol. The summed E-state index contributed by atoms with van der Waals surface area (Å²) >= 11 is 3.07. The molecule has 0 spiro atoms. The van der Waals surface area contributed by atoms with E-state index in [-0.39, 0.29) is 12.4 Å². The van der Waals surface area contributed by atoms with Gasteiger partial charge in [-0.3, -0.25) is 0 Å². The second-order valence-corrected chi connectivity index (χ2v) is 2.90. The summed E-state index contributed by atoms with van der Waals surface area (Å²) < 4.78 is 0.492. The summed E-state index contributed by atoms with van der Waals surface area (Å²) in [6.45, 7) is -0.189. The fourth-order valence-electron chi connectivity index (χ4n) is 0.665. The van der Waals surface area contributed by atoms with E-state index in [4.69, 9.17) is 5.11 Å². The number of nitro groups is 1. The van der Waals surface area contributed by atoms with Gasteiger partial charge in [-0.1, -0.05) is 0 Å². The highest BCUT2D eigenvalue weighted by Gasteiger charge is 2.10. The highest BCUT2D eigenvalue weighted by Crippen LogP contribution is 2.19. The standard InChI is InChI=1S/C6H5BrN2O3/c7-5-1-6(9(11)12)8-2-4(5)3-10/h1-2,10H,3H2. The molecule has 0 aromatic carbocycles. The maximum atomic E-state index is 10.2. The van der Waals surface area contributed by atoms with E-state index >= 15 is 0 Å². The molecule has 5 nitrogen and oxygen atoms in total. The minimum absolute atomic E-state index is 0.189. The van der Waals surface area contributed by atoms with Crippen molar-refractivity contribution < 1.29 is 10.0 Å². The molecule has 0 aliphatic rings. The Hall–Kier alpha value is -1.01. The Kier molecular flexibility index (Phi) is 2.72. The topological polar surface area (TPSA) is 76.3 Å². The van der Waals surface area contributed by atoms with E-state index in [2.05, 4.69) is 20.9 Å². The summed E-state index contributed by atoms with van der Waals surface area (Å²) in [5.74, 6) is -0.237. The number of rotatable bonds is 2. The van der Waals surface area contributed by atoms with Crippen LogP contribution in [-0.2, 0) is 6.61 Å². The summed E-state index contributed by atoms with van der Waals surface area (Å²) in [4.78, 5) is 13.1. The number of halogens is 1. The van der Waals surface area contributed by atoms with Crippen LogP contribution in [0.25, 0.3) is 0 Å². The fourth-order valence-corrected chi connectivity index (χ4v) is 1.10. The Morgan fingerprint density at radius 1 is 1.75 bits per heavy atom. The van der Waals surface area contributed by atoms with Crippen LogP contribution < -0.4 is 0 Å². The molecule has 0 unspecified atom stereocenters. The Morgan fingerprint density at radius 2 is 2.42 bits per heavy atom. The van der Waals surface area contributed by atoms with Crippen molar-refractivity contribution in [3.8, 4) is 0 Å². The summed E-state index contributed by atoms with van der Waals surface area (Å²) in [6.07, 6.45) is 1.27. The molecule has 0 saturated heterocycles. The van der Waals surface area contributed by atoms with Crippen molar-refractivity contribution in [3.63, 3.8) is 0 Å². The van der Waals surface area contributed by atoms with Gasteiger partial charge >= 0.3 is 5.82 Å². The maximum absolute atomic E-state index is 10.2. The zero-order valence-electron chi connectivity index (χ0n) is 5.90. The number of hydrogen-bond acceptors (Lipinski definition) is 4. The second-order valence-electron chi connectivity index (χ2n) is 2.05. The van der Waals surface area contributed by atoms with E-state index in [1.807, 2.05) is 0 Å². The van der Waals surface area contributed by atoms with Crippen molar-refractivity contribution >= 4 is 21.7 Å². The lowest BCUT2D eigenvalue weighted by atomic mass is 10.3. The van der Waals surface area contributed by atoms with E-state index in [1.165, 1.54) is 12.3 Å². The molecule has 0 saturated carbocycles. The molecule has 0 aliphatic heterocycles. The molecule has 1 aromatic heterocycles. The van der Waals surface area contributed by atoms with Crippen LogP contribution in [0, 0.1) is 10.1 Å². The smallest absolute Gasteiger partial charge is 0.364 e. The normalized spacial score (nSPS) is 9.83. The van der Waals surface area contributed by atoms with Crippen LogP contribution in [0.4, 0.5) is 5.82 Å². The number of aliphatic hydroxyl groups excluding tert-OH is 1. The van der Waals surface area contributed by atoms with Gasteiger partial charge in [-0.25, -0.2) is 0 Å². The van der Waals surface area contributed by atoms with E-state index < -0.39 is 4.92 Å². The van der Waals surface area contributed by atoms with Gasteiger partial charge in [0.05, 0.1) is 12.7 Å². The molecule has 6 heteroatoms. The first-order valence-corrected chi connectivity index (χ1v) is 3.84. The first kappa shape index (κ1) is 9.08. The number of aromatic nitrogens is 1. The second kappa shape index (κ2) is 3.59. The molecular formula is C6H5BrN2O3.